The summed E-state index contributed by atoms with van der Waals surface area (Å²) in [6, 6.07) is 0.139. The summed E-state index contributed by atoms with van der Waals surface area (Å²) < 4.78 is 5.30. The second-order valence-corrected chi connectivity index (χ2v) is 5.78. The van der Waals surface area contributed by atoms with Gasteiger partial charge in [-0.15, -0.1) is 0 Å². The molecule has 0 radical (unpaired) electrons. The maximum absolute atomic E-state index is 11.9. The Morgan fingerprint density at radius 3 is 2.89 bits per heavy atom. The van der Waals surface area contributed by atoms with Gasteiger partial charge in [0, 0.05) is 19.7 Å². The van der Waals surface area contributed by atoms with E-state index in [4.69, 9.17) is 9.84 Å². The molecule has 2 N–H and O–H groups in total. The molecule has 0 aromatic rings. The van der Waals surface area contributed by atoms with Crippen molar-refractivity contribution in [3.63, 3.8) is 0 Å². The van der Waals surface area contributed by atoms with Gasteiger partial charge in [0.2, 0.25) is 0 Å². The van der Waals surface area contributed by atoms with Crippen molar-refractivity contribution in [3.05, 3.63) is 0 Å². The molecule has 0 aromatic carbocycles. The van der Waals surface area contributed by atoms with Gasteiger partial charge in [0.15, 0.2) is 0 Å². The maximum atomic E-state index is 11.9. The number of aliphatic hydroxyl groups excluding tert-OH is 1. The minimum absolute atomic E-state index is 0.00685. The van der Waals surface area contributed by atoms with Crippen molar-refractivity contribution < 1.29 is 14.6 Å². The molecule has 0 bridgehead atoms. The normalized spacial score (nSPS) is 20.9. The summed E-state index contributed by atoms with van der Waals surface area (Å²) in [7, 11) is 0. The zero-order valence-electron chi connectivity index (χ0n) is 11.7. The van der Waals surface area contributed by atoms with E-state index in [1.54, 1.807) is 0 Å². The van der Waals surface area contributed by atoms with Gasteiger partial charge in [-0.1, -0.05) is 13.8 Å². The second kappa shape index (κ2) is 6.95. The highest BCUT2D eigenvalue weighted by molar-refractivity contribution is 5.74. The molecule has 1 rings (SSSR count). The van der Waals surface area contributed by atoms with E-state index in [1.807, 2.05) is 25.7 Å². The standard InChI is InChI=1S/C13H26N2O3/c1-11-9-18-8-7-15(11)12(17)14-6-4-5-13(2,3)10-16/h11,16H,4-10H2,1-3H3,(H,14,17). The van der Waals surface area contributed by atoms with Gasteiger partial charge < -0.3 is 20.1 Å². The molecule has 0 aromatic heterocycles. The van der Waals surface area contributed by atoms with Crippen molar-refractivity contribution >= 4 is 6.03 Å². The number of morpholine rings is 1. The molecule has 5 nitrogen and oxygen atoms in total. The number of urea groups is 1. The molecule has 0 spiro atoms. The number of amides is 2. The van der Waals surface area contributed by atoms with Gasteiger partial charge in [-0.05, 0) is 25.2 Å². The Hall–Kier alpha value is -0.810. The second-order valence-electron chi connectivity index (χ2n) is 5.78. The zero-order valence-corrected chi connectivity index (χ0v) is 11.7. The Balaban J connectivity index is 2.20. The van der Waals surface area contributed by atoms with Crippen LogP contribution in [0.4, 0.5) is 4.79 Å². The zero-order chi connectivity index (χ0) is 13.6. The molecule has 5 heteroatoms. The first kappa shape index (κ1) is 15.2. The predicted octanol–water partition coefficient (Wildman–Crippen LogP) is 1.22. The lowest BCUT2D eigenvalue weighted by Crippen LogP contribution is -2.51. The number of carbonyl (C=O) groups is 1. The molecule has 1 saturated heterocycles. The lowest BCUT2D eigenvalue weighted by Gasteiger charge is -2.33. The fourth-order valence-corrected chi connectivity index (χ4v) is 1.97. The lowest BCUT2D eigenvalue weighted by molar-refractivity contribution is 0.0190. The van der Waals surface area contributed by atoms with Crippen LogP contribution in [0, 0.1) is 5.41 Å². The van der Waals surface area contributed by atoms with E-state index in [0.29, 0.717) is 26.3 Å². The van der Waals surface area contributed by atoms with Crippen LogP contribution in [0.25, 0.3) is 0 Å². The van der Waals surface area contributed by atoms with Crippen molar-refractivity contribution in [1.82, 2.24) is 10.2 Å². The fourth-order valence-electron chi connectivity index (χ4n) is 1.97. The average molecular weight is 258 g/mol. The quantitative estimate of drug-likeness (QED) is 0.729. The minimum Gasteiger partial charge on any atom is -0.396 e. The summed E-state index contributed by atoms with van der Waals surface area (Å²) in [5.41, 5.74) is -0.0585. The molecule has 2 amide bonds. The monoisotopic (exact) mass is 258 g/mol. The molecule has 1 heterocycles. The molecule has 106 valence electrons. The van der Waals surface area contributed by atoms with Crippen molar-refractivity contribution in [2.75, 3.05) is 32.9 Å². The van der Waals surface area contributed by atoms with Crippen LogP contribution >= 0.6 is 0 Å². The third-order valence-corrected chi connectivity index (χ3v) is 3.36. The largest absolute Gasteiger partial charge is 0.396 e. The number of nitrogens with zero attached hydrogens (tertiary/aromatic N) is 1. The Bertz CT molecular complexity index is 269. The number of carbonyl (C=O) groups excluding carboxylic acids is 1. The predicted molar refractivity (Wildman–Crippen MR) is 70.5 cm³/mol. The van der Waals surface area contributed by atoms with Crippen molar-refractivity contribution in [3.8, 4) is 0 Å². The van der Waals surface area contributed by atoms with Gasteiger partial charge in [0.25, 0.3) is 0 Å². The first-order chi connectivity index (χ1) is 8.46. The van der Waals surface area contributed by atoms with Gasteiger partial charge in [0.05, 0.1) is 19.3 Å². The number of rotatable bonds is 5. The van der Waals surface area contributed by atoms with Gasteiger partial charge in [-0.3, -0.25) is 0 Å². The Kier molecular flexibility index (Phi) is 5.88. The number of ether oxygens (including phenoxy) is 1. The van der Waals surface area contributed by atoms with E-state index in [9.17, 15) is 4.79 Å². The van der Waals surface area contributed by atoms with Crippen LogP contribution in [0.2, 0.25) is 0 Å². The number of hydrogen-bond donors (Lipinski definition) is 2. The molecule has 1 fully saturated rings. The van der Waals surface area contributed by atoms with Crippen LogP contribution in [0.3, 0.4) is 0 Å². The molecule has 1 unspecified atom stereocenters. The number of hydrogen-bond acceptors (Lipinski definition) is 3. The summed E-state index contributed by atoms with van der Waals surface area (Å²) in [6.45, 7) is 8.79. The van der Waals surface area contributed by atoms with Crippen molar-refractivity contribution in [2.24, 2.45) is 5.41 Å². The average Bonchev–Trinajstić information content (AvgIpc) is 2.35. The Morgan fingerprint density at radius 2 is 2.28 bits per heavy atom. The molecule has 1 atom stereocenters. The molecule has 1 aliphatic heterocycles. The molecular formula is C13H26N2O3. The maximum Gasteiger partial charge on any atom is 0.317 e. The Morgan fingerprint density at radius 1 is 1.56 bits per heavy atom. The summed E-state index contributed by atoms with van der Waals surface area (Å²) >= 11 is 0. The Labute approximate surface area is 109 Å². The topological polar surface area (TPSA) is 61.8 Å². The molecule has 18 heavy (non-hydrogen) atoms. The minimum atomic E-state index is -0.0585. The van der Waals surface area contributed by atoms with Crippen LogP contribution in [0.5, 0.6) is 0 Å². The van der Waals surface area contributed by atoms with Crippen LogP contribution < -0.4 is 5.32 Å². The van der Waals surface area contributed by atoms with Gasteiger partial charge in [-0.2, -0.15) is 0 Å². The lowest BCUT2D eigenvalue weighted by atomic mass is 9.89. The summed E-state index contributed by atoms with van der Waals surface area (Å²) in [5.74, 6) is 0. The third kappa shape index (κ3) is 4.82. The van der Waals surface area contributed by atoms with Crippen LogP contribution in [-0.2, 0) is 4.74 Å². The number of nitrogens with one attached hydrogen (secondary N) is 1. The van der Waals surface area contributed by atoms with E-state index in [2.05, 4.69) is 5.32 Å². The highest BCUT2D eigenvalue weighted by atomic mass is 16.5. The third-order valence-electron chi connectivity index (χ3n) is 3.36. The smallest absolute Gasteiger partial charge is 0.317 e. The highest BCUT2D eigenvalue weighted by Gasteiger charge is 2.23. The van der Waals surface area contributed by atoms with E-state index >= 15 is 0 Å². The summed E-state index contributed by atoms with van der Waals surface area (Å²) in [6.07, 6.45) is 1.79. The van der Waals surface area contributed by atoms with E-state index in [1.165, 1.54) is 0 Å². The van der Waals surface area contributed by atoms with E-state index in [0.717, 1.165) is 12.8 Å². The van der Waals surface area contributed by atoms with Crippen molar-refractivity contribution in [2.45, 2.75) is 39.7 Å². The first-order valence-electron chi connectivity index (χ1n) is 6.69. The van der Waals surface area contributed by atoms with Gasteiger partial charge >= 0.3 is 6.03 Å². The summed E-state index contributed by atoms with van der Waals surface area (Å²) in [5, 5.41) is 12.1. The highest BCUT2D eigenvalue weighted by Crippen LogP contribution is 2.20. The van der Waals surface area contributed by atoms with E-state index < -0.39 is 0 Å². The summed E-state index contributed by atoms with van der Waals surface area (Å²) in [4.78, 5) is 13.7. The van der Waals surface area contributed by atoms with Crippen molar-refractivity contribution in [1.29, 1.82) is 0 Å². The molecular weight excluding hydrogens is 232 g/mol. The number of aliphatic hydroxyl groups is 1. The molecule has 0 aliphatic carbocycles. The van der Waals surface area contributed by atoms with Crippen LogP contribution in [-0.4, -0.2) is 55.0 Å². The van der Waals surface area contributed by atoms with Gasteiger partial charge in [0.1, 0.15) is 0 Å². The fraction of sp³-hybridized carbons (Fsp3) is 0.923. The van der Waals surface area contributed by atoms with Crippen LogP contribution in [0.1, 0.15) is 33.6 Å². The first-order valence-corrected chi connectivity index (χ1v) is 6.69. The van der Waals surface area contributed by atoms with Crippen LogP contribution in [0.15, 0.2) is 0 Å². The van der Waals surface area contributed by atoms with E-state index in [-0.39, 0.29) is 24.1 Å². The SMILES string of the molecule is CC1COCCN1C(=O)NCCCC(C)(C)CO. The van der Waals surface area contributed by atoms with Gasteiger partial charge in [-0.25, -0.2) is 4.79 Å². The molecule has 0 saturated carbocycles. The molecule has 1 aliphatic rings.